The van der Waals surface area contributed by atoms with E-state index in [1.54, 1.807) is 6.08 Å². The molecule has 7 nitrogen and oxygen atoms in total. The number of carbonyl (C=O) groups excluding carboxylic acids is 1. The zero-order chi connectivity index (χ0) is 32.0. The van der Waals surface area contributed by atoms with Crippen molar-refractivity contribution >= 4 is 37.0 Å². The first kappa shape index (κ1) is 38.2. The molecule has 236 valence electrons. The Kier molecular flexibility index (Phi) is 20.2. The summed E-state index contributed by atoms with van der Waals surface area (Å²) in [4.78, 5) is 23.5. The quantitative estimate of drug-likeness (QED) is 0.185. The molecule has 1 fully saturated rings. The number of ketones is 1. The Morgan fingerprint density at radius 3 is 2.51 bits per heavy atom. The van der Waals surface area contributed by atoms with E-state index in [1.165, 1.54) is 31.3 Å². The lowest BCUT2D eigenvalue weighted by Crippen LogP contribution is -2.27. The van der Waals surface area contributed by atoms with Crippen molar-refractivity contribution in [3.8, 4) is 0 Å². The number of nitrogens with zero attached hydrogens (tertiary/aromatic N) is 4. The standard InChI is InChI=1S/C24H31BN4O.C6H12O.C3H7N.C2H6/c1-4-18-9-10-22-23(13-18)29(15-19-11-12-26-14-19)24(27-22)17-28(3)16-21(30)8-6-7-20(25)5-2;7-5-6-3-1-2-4-6;1-2-3-4;1-2/h4,9-10,12-14,20H,1,5-8,11,15-17H2,2-3H3;6-7H,1-5H2;2H,1,3-4H2;1-2H3. The second kappa shape index (κ2) is 22.7. The number of hydrogen-bond donors (Lipinski definition) is 2. The van der Waals surface area contributed by atoms with E-state index in [2.05, 4.69) is 35.7 Å². The first-order valence-corrected chi connectivity index (χ1v) is 16.0. The van der Waals surface area contributed by atoms with Gasteiger partial charge >= 0.3 is 0 Å². The van der Waals surface area contributed by atoms with E-state index in [-0.39, 0.29) is 11.6 Å². The van der Waals surface area contributed by atoms with E-state index in [0.29, 0.717) is 38.6 Å². The molecule has 1 saturated carbocycles. The monoisotopic (exact) mass is 589 g/mol. The van der Waals surface area contributed by atoms with Gasteiger partial charge in [0.2, 0.25) is 0 Å². The molecule has 1 atom stereocenters. The van der Waals surface area contributed by atoms with Gasteiger partial charge in [-0.15, -0.1) is 6.58 Å². The number of benzene rings is 1. The summed E-state index contributed by atoms with van der Waals surface area (Å²) in [6.45, 7) is 16.1. The number of likely N-dealkylation sites (N-methyl/N-ethyl adjacent to an activating group) is 1. The molecule has 1 aliphatic carbocycles. The number of Topliss-reactive ketones (excluding diaryl/α,β-unsaturated/α-hetero) is 1. The molecule has 2 aromatic rings. The Labute approximate surface area is 262 Å². The number of carbonyl (C=O) groups is 1. The van der Waals surface area contributed by atoms with Gasteiger partial charge in [0.05, 0.1) is 32.0 Å². The van der Waals surface area contributed by atoms with Crippen LogP contribution in [0.15, 0.2) is 54.2 Å². The fourth-order valence-electron chi connectivity index (χ4n) is 4.94. The average molecular weight is 590 g/mol. The van der Waals surface area contributed by atoms with Crippen molar-refractivity contribution in [2.24, 2.45) is 16.6 Å². The highest BCUT2D eigenvalue weighted by atomic mass is 16.3. The topological polar surface area (TPSA) is 96.7 Å². The van der Waals surface area contributed by atoms with E-state index >= 15 is 0 Å². The van der Waals surface area contributed by atoms with Gasteiger partial charge in [-0.25, -0.2) is 4.98 Å². The molecule has 0 spiro atoms. The maximum absolute atomic E-state index is 12.4. The molecular weight excluding hydrogens is 533 g/mol. The number of aromatic nitrogens is 2. The molecule has 0 saturated heterocycles. The minimum absolute atomic E-state index is 0.199. The second-order valence-electron chi connectivity index (χ2n) is 11.0. The summed E-state index contributed by atoms with van der Waals surface area (Å²) in [5.41, 5.74) is 9.28. The van der Waals surface area contributed by atoms with Crippen LogP contribution in [0.2, 0.25) is 5.82 Å². The van der Waals surface area contributed by atoms with Crippen LogP contribution in [0.4, 0.5) is 0 Å². The first-order chi connectivity index (χ1) is 20.8. The number of aliphatic hydroxyl groups excluding tert-OH is 1. The fourth-order valence-corrected chi connectivity index (χ4v) is 4.94. The molecule has 4 rings (SSSR count). The van der Waals surface area contributed by atoms with Crippen molar-refractivity contribution in [1.29, 1.82) is 0 Å². The third kappa shape index (κ3) is 14.5. The van der Waals surface area contributed by atoms with Gasteiger partial charge in [0.15, 0.2) is 0 Å². The number of nitrogens with two attached hydrogens (primary N) is 1. The van der Waals surface area contributed by atoms with Gasteiger partial charge in [0.1, 0.15) is 11.6 Å². The number of fused-ring (bicyclic) bond motifs is 1. The van der Waals surface area contributed by atoms with Crippen molar-refractivity contribution < 1.29 is 9.90 Å². The molecule has 2 heterocycles. The smallest absolute Gasteiger partial charge is 0.146 e. The molecule has 2 radical (unpaired) electrons. The predicted octanol–water partition coefficient (Wildman–Crippen LogP) is 6.90. The molecule has 1 unspecified atom stereocenters. The summed E-state index contributed by atoms with van der Waals surface area (Å²) in [6.07, 6.45) is 16.7. The fraction of sp³-hybridized carbons (Fsp3) is 0.571. The van der Waals surface area contributed by atoms with Crippen molar-refractivity contribution in [2.75, 3.05) is 26.7 Å². The van der Waals surface area contributed by atoms with Crippen LogP contribution in [-0.4, -0.2) is 66.1 Å². The number of hydrogen-bond acceptors (Lipinski definition) is 6. The summed E-state index contributed by atoms with van der Waals surface area (Å²) in [5, 5.41) is 8.57. The highest BCUT2D eigenvalue weighted by Gasteiger charge is 2.16. The lowest BCUT2D eigenvalue weighted by Gasteiger charge is -2.17. The highest BCUT2D eigenvalue weighted by Crippen LogP contribution is 2.24. The van der Waals surface area contributed by atoms with Crippen LogP contribution >= 0.6 is 0 Å². The number of rotatable bonds is 14. The molecule has 1 aliphatic heterocycles. The summed E-state index contributed by atoms with van der Waals surface area (Å²) in [5.74, 6) is 2.07. The summed E-state index contributed by atoms with van der Waals surface area (Å²) >= 11 is 0. The molecule has 8 heteroatoms. The molecule has 1 aromatic heterocycles. The zero-order valence-corrected chi connectivity index (χ0v) is 27.3. The third-order valence-corrected chi connectivity index (χ3v) is 7.48. The van der Waals surface area contributed by atoms with Crippen LogP contribution in [0, 0.1) is 5.92 Å². The minimum Gasteiger partial charge on any atom is -0.396 e. The van der Waals surface area contributed by atoms with E-state index < -0.39 is 0 Å². The van der Waals surface area contributed by atoms with Crippen LogP contribution in [0.5, 0.6) is 0 Å². The molecule has 0 amide bonds. The van der Waals surface area contributed by atoms with Crippen LogP contribution in [0.1, 0.15) is 89.9 Å². The Bertz CT molecular complexity index is 1150. The number of allylic oxidation sites excluding steroid dienone is 1. The summed E-state index contributed by atoms with van der Waals surface area (Å²) in [6, 6.07) is 6.19. The van der Waals surface area contributed by atoms with Gasteiger partial charge in [-0.05, 0) is 55.5 Å². The van der Waals surface area contributed by atoms with E-state index in [9.17, 15) is 4.79 Å². The third-order valence-electron chi connectivity index (χ3n) is 7.48. The Hall–Kier alpha value is -2.81. The van der Waals surface area contributed by atoms with Crippen molar-refractivity contribution in [3.05, 3.63) is 60.6 Å². The normalized spacial score (nSPS) is 14.6. The molecule has 3 N–H and O–H groups in total. The van der Waals surface area contributed by atoms with E-state index in [1.807, 2.05) is 56.4 Å². The van der Waals surface area contributed by atoms with Crippen LogP contribution in [-0.2, 0) is 17.9 Å². The highest BCUT2D eigenvalue weighted by molar-refractivity contribution is 6.11. The molecular formula is C35H56BN5O2. The van der Waals surface area contributed by atoms with Crippen LogP contribution in [0.3, 0.4) is 0 Å². The number of aliphatic imine (C=N–C) groups is 1. The summed E-state index contributed by atoms with van der Waals surface area (Å²) < 4.78 is 2.24. The lowest BCUT2D eigenvalue weighted by atomic mass is 9.81. The Balaban J connectivity index is 0.000000593. The van der Waals surface area contributed by atoms with E-state index in [0.717, 1.165) is 54.6 Å². The van der Waals surface area contributed by atoms with Crippen molar-refractivity contribution in [3.63, 3.8) is 0 Å². The maximum Gasteiger partial charge on any atom is 0.146 e. The van der Waals surface area contributed by atoms with Crippen LogP contribution < -0.4 is 5.73 Å². The maximum atomic E-state index is 12.4. The minimum atomic E-state index is 0.199. The summed E-state index contributed by atoms with van der Waals surface area (Å²) in [7, 11) is 7.93. The first-order valence-electron chi connectivity index (χ1n) is 16.0. The van der Waals surface area contributed by atoms with Gasteiger partial charge in [-0.2, -0.15) is 0 Å². The van der Waals surface area contributed by atoms with E-state index in [4.69, 9.17) is 23.7 Å². The average Bonchev–Trinajstić information content (AvgIpc) is 3.81. The predicted molar refractivity (Wildman–Crippen MR) is 186 cm³/mol. The zero-order valence-electron chi connectivity index (χ0n) is 27.3. The molecule has 2 aliphatic rings. The Morgan fingerprint density at radius 2 is 1.98 bits per heavy atom. The van der Waals surface area contributed by atoms with Crippen molar-refractivity contribution in [1.82, 2.24) is 14.5 Å². The van der Waals surface area contributed by atoms with Gasteiger partial charge < -0.3 is 15.4 Å². The Morgan fingerprint density at radius 1 is 1.28 bits per heavy atom. The number of imidazole rings is 1. The van der Waals surface area contributed by atoms with Crippen LogP contribution in [0.25, 0.3) is 17.1 Å². The SMILES string of the molecule is C=CCN.CC.OCC1CCCC1.[B]C(CC)CCCC(=O)CN(C)Cc1nc2ccc(C=C)cc2n1CC1=CN=CC1. The largest absolute Gasteiger partial charge is 0.396 e. The molecule has 43 heavy (non-hydrogen) atoms. The van der Waals surface area contributed by atoms with Gasteiger partial charge in [-0.3, -0.25) is 14.7 Å². The van der Waals surface area contributed by atoms with Crippen molar-refractivity contribution in [2.45, 2.75) is 97.5 Å². The van der Waals surface area contributed by atoms with Gasteiger partial charge in [0.25, 0.3) is 0 Å². The van der Waals surface area contributed by atoms with Gasteiger partial charge in [-0.1, -0.05) is 77.1 Å². The second-order valence-corrected chi connectivity index (χ2v) is 11.0. The number of aliphatic hydroxyl groups is 1. The van der Waals surface area contributed by atoms with Gasteiger partial charge in [0, 0.05) is 45.0 Å². The molecule has 0 bridgehead atoms. The lowest BCUT2D eigenvalue weighted by molar-refractivity contribution is -0.120. The molecule has 1 aromatic carbocycles.